The van der Waals surface area contributed by atoms with Crippen LogP contribution in [0.2, 0.25) is 4.34 Å². The summed E-state index contributed by atoms with van der Waals surface area (Å²) < 4.78 is 5.90. The SMILES string of the molecule is COCCC(C)NCCc1ccc(Cl)s1. The molecule has 4 heteroatoms. The van der Waals surface area contributed by atoms with Crippen LogP contribution in [0, 0.1) is 0 Å². The van der Waals surface area contributed by atoms with Gasteiger partial charge in [-0.15, -0.1) is 11.3 Å². The van der Waals surface area contributed by atoms with E-state index in [0.29, 0.717) is 6.04 Å². The molecule has 0 radical (unpaired) electrons. The minimum Gasteiger partial charge on any atom is -0.385 e. The third kappa shape index (κ3) is 5.52. The quantitative estimate of drug-likeness (QED) is 0.800. The zero-order chi connectivity index (χ0) is 11.1. The summed E-state index contributed by atoms with van der Waals surface area (Å²) in [6.07, 6.45) is 2.11. The molecule has 2 nitrogen and oxygen atoms in total. The molecule has 1 aromatic rings. The van der Waals surface area contributed by atoms with Crippen LogP contribution in [-0.4, -0.2) is 26.3 Å². The standard InChI is InChI=1S/C11H18ClNOS/c1-9(6-8-14-2)13-7-5-10-3-4-11(12)15-10/h3-4,9,13H,5-8H2,1-2H3. The summed E-state index contributed by atoms with van der Waals surface area (Å²) in [6, 6.07) is 4.56. The first-order chi connectivity index (χ1) is 7.22. The first-order valence-electron chi connectivity index (χ1n) is 5.19. The first kappa shape index (κ1) is 13.0. The van der Waals surface area contributed by atoms with Crippen molar-refractivity contribution in [1.82, 2.24) is 5.32 Å². The van der Waals surface area contributed by atoms with Gasteiger partial charge in [0.15, 0.2) is 0 Å². The molecule has 15 heavy (non-hydrogen) atoms. The van der Waals surface area contributed by atoms with Crippen LogP contribution in [0.4, 0.5) is 0 Å². The van der Waals surface area contributed by atoms with Crippen molar-refractivity contribution in [3.8, 4) is 0 Å². The fraction of sp³-hybridized carbons (Fsp3) is 0.636. The van der Waals surface area contributed by atoms with Gasteiger partial charge in [-0.1, -0.05) is 11.6 Å². The molecule has 1 rings (SSSR count). The van der Waals surface area contributed by atoms with Crippen molar-refractivity contribution >= 4 is 22.9 Å². The van der Waals surface area contributed by atoms with Crippen molar-refractivity contribution in [1.29, 1.82) is 0 Å². The zero-order valence-electron chi connectivity index (χ0n) is 9.25. The molecule has 1 unspecified atom stereocenters. The molecule has 1 atom stereocenters. The molecule has 0 saturated heterocycles. The molecule has 0 amide bonds. The molecule has 1 heterocycles. The van der Waals surface area contributed by atoms with E-state index in [2.05, 4.69) is 18.3 Å². The van der Waals surface area contributed by atoms with Gasteiger partial charge < -0.3 is 10.1 Å². The second-order valence-electron chi connectivity index (χ2n) is 3.59. The molecule has 0 fully saturated rings. The lowest BCUT2D eigenvalue weighted by Gasteiger charge is -2.12. The molecule has 0 aliphatic carbocycles. The Balaban J connectivity index is 2.10. The van der Waals surface area contributed by atoms with E-state index >= 15 is 0 Å². The zero-order valence-corrected chi connectivity index (χ0v) is 10.8. The maximum absolute atomic E-state index is 5.85. The second-order valence-corrected chi connectivity index (χ2v) is 5.39. The minimum absolute atomic E-state index is 0.514. The Morgan fingerprint density at radius 1 is 1.53 bits per heavy atom. The van der Waals surface area contributed by atoms with Gasteiger partial charge in [0.25, 0.3) is 0 Å². The normalized spacial score (nSPS) is 13.0. The number of ether oxygens (including phenoxy) is 1. The van der Waals surface area contributed by atoms with Crippen LogP contribution in [0.5, 0.6) is 0 Å². The smallest absolute Gasteiger partial charge is 0.0931 e. The summed E-state index contributed by atoms with van der Waals surface area (Å²) in [5, 5.41) is 3.46. The van der Waals surface area contributed by atoms with Crippen LogP contribution in [0.1, 0.15) is 18.2 Å². The van der Waals surface area contributed by atoms with Gasteiger partial charge in [0.05, 0.1) is 4.34 Å². The largest absolute Gasteiger partial charge is 0.385 e. The lowest BCUT2D eigenvalue weighted by Crippen LogP contribution is -2.28. The minimum atomic E-state index is 0.514. The fourth-order valence-corrected chi connectivity index (χ4v) is 2.41. The van der Waals surface area contributed by atoms with Crippen molar-refractivity contribution < 1.29 is 4.74 Å². The highest BCUT2D eigenvalue weighted by atomic mass is 35.5. The van der Waals surface area contributed by atoms with Crippen LogP contribution >= 0.6 is 22.9 Å². The Bertz CT molecular complexity index is 277. The topological polar surface area (TPSA) is 21.3 Å². The average Bonchev–Trinajstić information content (AvgIpc) is 2.61. The highest BCUT2D eigenvalue weighted by Gasteiger charge is 2.01. The van der Waals surface area contributed by atoms with Crippen LogP contribution in [0.15, 0.2) is 12.1 Å². The van der Waals surface area contributed by atoms with E-state index in [0.717, 1.165) is 30.3 Å². The van der Waals surface area contributed by atoms with Crippen molar-refractivity contribution in [2.75, 3.05) is 20.3 Å². The summed E-state index contributed by atoms with van der Waals surface area (Å²) in [5.74, 6) is 0. The summed E-state index contributed by atoms with van der Waals surface area (Å²) in [6.45, 7) is 4.00. The van der Waals surface area contributed by atoms with E-state index in [-0.39, 0.29) is 0 Å². The van der Waals surface area contributed by atoms with Gasteiger partial charge in [0.2, 0.25) is 0 Å². The molecular formula is C11H18ClNOS. The highest BCUT2D eigenvalue weighted by Crippen LogP contribution is 2.21. The van der Waals surface area contributed by atoms with E-state index in [4.69, 9.17) is 16.3 Å². The Morgan fingerprint density at radius 3 is 2.93 bits per heavy atom. The predicted octanol–water partition coefficient (Wildman–Crippen LogP) is 2.96. The maximum atomic E-state index is 5.85. The molecule has 1 N–H and O–H groups in total. The molecule has 0 saturated carbocycles. The number of hydrogen-bond donors (Lipinski definition) is 1. The van der Waals surface area contributed by atoms with Gasteiger partial charge in [-0.05, 0) is 31.9 Å². The number of thiophene rings is 1. The van der Waals surface area contributed by atoms with Gasteiger partial charge in [-0.2, -0.15) is 0 Å². The summed E-state index contributed by atoms with van der Waals surface area (Å²) in [5.41, 5.74) is 0. The van der Waals surface area contributed by atoms with Crippen molar-refractivity contribution in [3.63, 3.8) is 0 Å². The average molecular weight is 248 g/mol. The summed E-state index contributed by atoms with van der Waals surface area (Å²) in [7, 11) is 1.74. The van der Waals surface area contributed by atoms with Crippen LogP contribution < -0.4 is 5.32 Å². The van der Waals surface area contributed by atoms with Gasteiger partial charge in [0.1, 0.15) is 0 Å². The molecule has 86 valence electrons. The van der Waals surface area contributed by atoms with E-state index in [1.807, 2.05) is 6.07 Å². The number of halogens is 1. The van der Waals surface area contributed by atoms with Crippen molar-refractivity contribution in [3.05, 3.63) is 21.3 Å². The number of rotatable bonds is 7. The van der Waals surface area contributed by atoms with Gasteiger partial charge in [-0.3, -0.25) is 0 Å². The summed E-state index contributed by atoms with van der Waals surface area (Å²) >= 11 is 7.51. The molecule has 0 spiro atoms. The van der Waals surface area contributed by atoms with Crippen molar-refractivity contribution in [2.45, 2.75) is 25.8 Å². The lowest BCUT2D eigenvalue weighted by molar-refractivity contribution is 0.185. The van der Waals surface area contributed by atoms with E-state index in [1.165, 1.54) is 4.88 Å². The molecule has 0 aliphatic heterocycles. The van der Waals surface area contributed by atoms with Crippen LogP contribution in [-0.2, 0) is 11.2 Å². The lowest BCUT2D eigenvalue weighted by atomic mass is 10.2. The Kier molecular flexibility index (Phi) is 6.25. The molecule has 0 aliphatic rings. The fourth-order valence-electron chi connectivity index (χ4n) is 1.32. The Labute approximate surface area is 101 Å². The monoisotopic (exact) mass is 247 g/mol. The van der Waals surface area contributed by atoms with Gasteiger partial charge >= 0.3 is 0 Å². The first-order valence-corrected chi connectivity index (χ1v) is 6.38. The number of nitrogens with one attached hydrogen (secondary N) is 1. The van der Waals surface area contributed by atoms with Crippen LogP contribution in [0.3, 0.4) is 0 Å². The number of methoxy groups -OCH3 is 1. The predicted molar refractivity (Wildman–Crippen MR) is 67.0 cm³/mol. The van der Waals surface area contributed by atoms with E-state index in [9.17, 15) is 0 Å². The summed E-state index contributed by atoms with van der Waals surface area (Å²) in [4.78, 5) is 1.34. The molecule has 0 bridgehead atoms. The van der Waals surface area contributed by atoms with Gasteiger partial charge in [0, 0.05) is 31.2 Å². The van der Waals surface area contributed by atoms with Crippen molar-refractivity contribution in [2.24, 2.45) is 0 Å². The Morgan fingerprint density at radius 2 is 2.33 bits per heavy atom. The molecule has 0 aromatic carbocycles. The second kappa shape index (κ2) is 7.23. The van der Waals surface area contributed by atoms with E-state index < -0.39 is 0 Å². The Hall–Kier alpha value is -0.0900. The molecular weight excluding hydrogens is 230 g/mol. The van der Waals surface area contributed by atoms with Crippen LogP contribution in [0.25, 0.3) is 0 Å². The van der Waals surface area contributed by atoms with E-state index in [1.54, 1.807) is 18.4 Å². The van der Waals surface area contributed by atoms with Gasteiger partial charge in [-0.25, -0.2) is 0 Å². The maximum Gasteiger partial charge on any atom is 0.0931 e. The highest BCUT2D eigenvalue weighted by molar-refractivity contribution is 7.16. The third-order valence-electron chi connectivity index (χ3n) is 2.25. The molecule has 1 aromatic heterocycles. The third-order valence-corrected chi connectivity index (χ3v) is 3.54. The number of hydrogen-bond acceptors (Lipinski definition) is 3.